The van der Waals surface area contributed by atoms with Crippen LogP contribution in [0.1, 0.15) is 33.6 Å². The molecule has 0 aliphatic rings. The van der Waals surface area contributed by atoms with E-state index in [1.165, 1.54) is 17.7 Å². The Labute approximate surface area is 176 Å². The lowest BCUT2D eigenvalue weighted by Gasteiger charge is -2.22. The van der Waals surface area contributed by atoms with Crippen molar-refractivity contribution >= 4 is 38.8 Å². The van der Waals surface area contributed by atoms with Crippen LogP contribution in [0.3, 0.4) is 0 Å². The summed E-state index contributed by atoms with van der Waals surface area (Å²) in [6.45, 7) is 5.43. The molecule has 0 saturated carbocycles. The van der Waals surface area contributed by atoms with Crippen LogP contribution in [0.25, 0.3) is 10.8 Å². The Morgan fingerprint density at radius 1 is 1.31 bits per heavy atom. The summed E-state index contributed by atoms with van der Waals surface area (Å²) in [5.74, 6) is -1.12. The summed E-state index contributed by atoms with van der Waals surface area (Å²) >= 11 is 3.10. The number of amides is 1. The van der Waals surface area contributed by atoms with Gasteiger partial charge in [0.2, 0.25) is 0 Å². The van der Waals surface area contributed by atoms with Crippen molar-refractivity contribution in [3.63, 3.8) is 0 Å². The molecule has 9 heteroatoms. The van der Waals surface area contributed by atoms with Crippen molar-refractivity contribution in [2.45, 2.75) is 51.8 Å². The molecule has 1 heterocycles. The van der Waals surface area contributed by atoms with E-state index in [2.05, 4.69) is 21.2 Å². The Morgan fingerprint density at radius 2 is 2.00 bits per heavy atom. The number of halogens is 2. The largest absolute Gasteiger partial charge is 0.467 e. The van der Waals surface area contributed by atoms with Crippen LogP contribution in [-0.4, -0.2) is 35.4 Å². The topological polar surface area (TPSA) is 86.6 Å². The van der Waals surface area contributed by atoms with Crippen LogP contribution < -0.4 is 10.9 Å². The molecule has 29 heavy (non-hydrogen) atoms. The summed E-state index contributed by atoms with van der Waals surface area (Å²) in [4.78, 5) is 36.5. The number of benzene rings is 1. The summed E-state index contributed by atoms with van der Waals surface area (Å²) < 4.78 is 25.4. The van der Waals surface area contributed by atoms with Crippen LogP contribution in [0.2, 0.25) is 0 Å². The zero-order chi connectivity index (χ0) is 21.8. The van der Waals surface area contributed by atoms with Gasteiger partial charge < -0.3 is 19.4 Å². The van der Waals surface area contributed by atoms with Crippen LogP contribution in [0.5, 0.6) is 0 Å². The van der Waals surface area contributed by atoms with E-state index in [0.717, 1.165) is 0 Å². The molecule has 0 aliphatic heterocycles. The molecule has 0 fully saturated rings. The number of aromatic nitrogens is 1. The van der Waals surface area contributed by atoms with Gasteiger partial charge in [0, 0.05) is 12.7 Å². The highest BCUT2D eigenvalue weighted by Crippen LogP contribution is 2.21. The maximum absolute atomic E-state index is 13.8. The number of fused-ring (bicyclic) bond motifs is 1. The highest BCUT2D eigenvalue weighted by Gasteiger charge is 2.24. The first-order valence-electron chi connectivity index (χ1n) is 9.07. The number of alkyl carbamates (subject to hydrolysis) is 1. The molecular weight excluding hydrogens is 447 g/mol. The quantitative estimate of drug-likeness (QED) is 0.649. The number of rotatable bonds is 6. The van der Waals surface area contributed by atoms with E-state index >= 15 is 0 Å². The van der Waals surface area contributed by atoms with Gasteiger partial charge in [-0.2, -0.15) is 0 Å². The van der Waals surface area contributed by atoms with Gasteiger partial charge >= 0.3 is 12.1 Å². The Balaban J connectivity index is 2.08. The number of ether oxygens (including phenoxy) is 2. The predicted octanol–water partition coefficient (Wildman–Crippen LogP) is 3.75. The van der Waals surface area contributed by atoms with E-state index in [4.69, 9.17) is 9.47 Å². The third-order valence-electron chi connectivity index (χ3n) is 4.09. The highest BCUT2D eigenvalue weighted by molar-refractivity contribution is 9.10. The maximum Gasteiger partial charge on any atom is 0.408 e. The molecule has 2 aromatic rings. The van der Waals surface area contributed by atoms with Gasteiger partial charge in [0.05, 0.1) is 17.0 Å². The minimum Gasteiger partial charge on any atom is -0.467 e. The number of nitrogens with zero attached hydrogens (tertiary/aromatic N) is 1. The number of esters is 1. The average molecular weight is 471 g/mol. The van der Waals surface area contributed by atoms with E-state index in [-0.39, 0.29) is 28.4 Å². The smallest absolute Gasteiger partial charge is 0.408 e. The molecule has 158 valence electrons. The lowest BCUT2D eigenvalue weighted by atomic mass is 10.1. The first-order chi connectivity index (χ1) is 13.5. The molecule has 0 aliphatic carbocycles. The number of nitrogens with one attached hydrogen (secondary N) is 1. The van der Waals surface area contributed by atoms with Crippen molar-refractivity contribution in [2.75, 3.05) is 7.11 Å². The minimum atomic E-state index is -0.903. The van der Waals surface area contributed by atoms with Crippen LogP contribution in [-0.2, 0) is 20.8 Å². The summed E-state index contributed by atoms with van der Waals surface area (Å²) in [6.07, 6.45) is 1.53. The van der Waals surface area contributed by atoms with Gasteiger partial charge in [-0.1, -0.05) is 0 Å². The van der Waals surface area contributed by atoms with Crippen molar-refractivity contribution in [1.29, 1.82) is 0 Å². The van der Waals surface area contributed by atoms with E-state index in [1.807, 2.05) is 0 Å². The van der Waals surface area contributed by atoms with Gasteiger partial charge in [-0.25, -0.2) is 14.0 Å². The second-order valence-corrected chi connectivity index (χ2v) is 8.39. The molecule has 0 unspecified atom stereocenters. The number of methoxy groups -OCH3 is 1. The SMILES string of the molecule is COC(=O)[C@@H](CCCn1ccc2cc(Br)c(F)cc2c1=O)NC(=O)OC(C)(C)C. The van der Waals surface area contributed by atoms with Gasteiger partial charge in [-0.05, 0) is 73.1 Å². The minimum absolute atomic E-state index is 0.241. The second-order valence-electron chi connectivity index (χ2n) is 7.53. The lowest BCUT2D eigenvalue weighted by molar-refractivity contribution is -0.143. The molecule has 1 amide bonds. The second kappa shape index (κ2) is 9.39. The number of aryl methyl sites for hydroxylation is 1. The Bertz CT molecular complexity index is 968. The van der Waals surface area contributed by atoms with Crippen molar-refractivity contribution < 1.29 is 23.5 Å². The third kappa shape index (κ3) is 6.28. The fourth-order valence-corrected chi connectivity index (χ4v) is 3.12. The molecule has 0 spiro atoms. The number of carbonyl (C=O) groups excluding carboxylic acids is 2. The number of carbonyl (C=O) groups is 2. The summed E-state index contributed by atoms with van der Waals surface area (Å²) in [6, 6.07) is 3.56. The number of hydrogen-bond acceptors (Lipinski definition) is 5. The van der Waals surface area contributed by atoms with Gasteiger partial charge in [0.1, 0.15) is 17.5 Å². The van der Waals surface area contributed by atoms with Gasteiger partial charge in [0.15, 0.2) is 0 Å². The molecule has 7 nitrogen and oxygen atoms in total. The molecule has 0 bridgehead atoms. The van der Waals surface area contributed by atoms with E-state index in [1.54, 1.807) is 39.1 Å². The zero-order valence-corrected chi connectivity index (χ0v) is 18.3. The Hall–Kier alpha value is -2.42. The first-order valence-corrected chi connectivity index (χ1v) is 9.86. The molecule has 1 N–H and O–H groups in total. The molecule has 0 saturated heterocycles. The predicted molar refractivity (Wildman–Crippen MR) is 110 cm³/mol. The Morgan fingerprint density at radius 3 is 2.62 bits per heavy atom. The molecule has 0 radical (unpaired) electrons. The summed E-state index contributed by atoms with van der Waals surface area (Å²) in [7, 11) is 1.23. The maximum atomic E-state index is 13.8. The summed E-state index contributed by atoms with van der Waals surface area (Å²) in [5.41, 5.74) is -1.03. The standard InChI is InChI=1S/C20H24BrFN2O5/c1-20(2,3)29-19(27)23-16(18(26)28-4)6-5-8-24-9-7-12-10-14(21)15(22)11-13(12)17(24)25/h7,9-11,16H,5-6,8H2,1-4H3,(H,23,27)/t16-/m1/s1. The van der Waals surface area contributed by atoms with E-state index in [0.29, 0.717) is 11.8 Å². The van der Waals surface area contributed by atoms with Crippen LogP contribution in [0.15, 0.2) is 33.7 Å². The average Bonchev–Trinajstić information content (AvgIpc) is 2.62. The van der Waals surface area contributed by atoms with Gasteiger partial charge in [-0.3, -0.25) is 4.79 Å². The zero-order valence-electron chi connectivity index (χ0n) is 16.8. The number of hydrogen-bond donors (Lipinski definition) is 1. The molecule has 2 rings (SSSR count). The van der Waals surface area contributed by atoms with Crippen molar-refractivity contribution in [3.05, 3.63) is 45.0 Å². The van der Waals surface area contributed by atoms with E-state index in [9.17, 15) is 18.8 Å². The van der Waals surface area contributed by atoms with E-state index < -0.39 is 29.5 Å². The van der Waals surface area contributed by atoms with Crippen molar-refractivity contribution in [2.24, 2.45) is 0 Å². The number of pyridine rings is 1. The van der Waals surface area contributed by atoms with Crippen molar-refractivity contribution in [3.8, 4) is 0 Å². The van der Waals surface area contributed by atoms with Gasteiger partial charge in [0.25, 0.3) is 5.56 Å². The van der Waals surface area contributed by atoms with Crippen LogP contribution in [0, 0.1) is 5.82 Å². The van der Waals surface area contributed by atoms with Crippen LogP contribution in [0.4, 0.5) is 9.18 Å². The molecule has 1 aromatic carbocycles. The lowest BCUT2D eigenvalue weighted by Crippen LogP contribution is -2.44. The molecule has 1 aromatic heterocycles. The monoisotopic (exact) mass is 470 g/mol. The van der Waals surface area contributed by atoms with Gasteiger partial charge in [-0.15, -0.1) is 0 Å². The first kappa shape index (κ1) is 22.9. The molecular formula is C20H24BrFN2O5. The Kier molecular flexibility index (Phi) is 7.40. The fraction of sp³-hybridized carbons (Fsp3) is 0.450. The highest BCUT2D eigenvalue weighted by atomic mass is 79.9. The third-order valence-corrected chi connectivity index (χ3v) is 4.69. The fourth-order valence-electron chi connectivity index (χ4n) is 2.76. The molecule has 1 atom stereocenters. The normalized spacial score (nSPS) is 12.5. The van der Waals surface area contributed by atoms with Crippen LogP contribution >= 0.6 is 15.9 Å². The summed E-state index contributed by atoms with van der Waals surface area (Å²) in [5, 5.41) is 3.38. The van der Waals surface area contributed by atoms with Crippen molar-refractivity contribution in [1.82, 2.24) is 9.88 Å².